The van der Waals surface area contributed by atoms with Crippen molar-refractivity contribution in [2.75, 3.05) is 6.61 Å². The Morgan fingerprint density at radius 3 is 2.57 bits per heavy atom. The maximum absolute atomic E-state index is 10.4. The van der Waals surface area contributed by atoms with Gasteiger partial charge in [-0.25, -0.2) is 0 Å². The van der Waals surface area contributed by atoms with E-state index in [2.05, 4.69) is 4.74 Å². The van der Waals surface area contributed by atoms with Crippen molar-refractivity contribution in [1.29, 1.82) is 0 Å². The van der Waals surface area contributed by atoms with Crippen molar-refractivity contribution in [3.05, 3.63) is 0 Å². The van der Waals surface area contributed by atoms with Crippen LogP contribution in [-0.2, 0) is 9.53 Å². The van der Waals surface area contributed by atoms with Crippen molar-refractivity contribution in [2.24, 2.45) is 0 Å². The summed E-state index contributed by atoms with van der Waals surface area (Å²) in [6.45, 7) is -0.714. The van der Waals surface area contributed by atoms with Crippen LogP contribution in [0.4, 0.5) is 0 Å². The molecule has 4 N–H and O–H groups in total. The zero-order chi connectivity index (χ0) is 10.9. The molecule has 0 amide bonds. The number of ether oxygens (including phenoxy) is 1. The van der Waals surface area contributed by atoms with E-state index in [4.69, 9.17) is 5.11 Å². The van der Waals surface area contributed by atoms with Gasteiger partial charge in [-0.15, -0.1) is 0 Å². The number of carboxylic acid groups (broad SMARTS) is 1. The Kier molecular flexibility index (Phi) is 3.07. The molecule has 0 unspecified atom stereocenters. The lowest BCUT2D eigenvalue weighted by Gasteiger charge is -2.42. The van der Waals surface area contributed by atoms with Gasteiger partial charge in [0.2, 0.25) is 5.79 Å². The minimum atomic E-state index is -2.66. The van der Waals surface area contributed by atoms with Crippen molar-refractivity contribution in [3.8, 4) is 0 Å². The van der Waals surface area contributed by atoms with Crippen LogP contribution in [0.15, 0.2) is 0 Å². The van der Waals surface area contributed by atoms with Gasteiger partial charge in [-0.3, -0.25) is 0 Å². The number of carbonyl (C=O) groups is 1. The van der Waals surface area contributed by atoms with Gasteiger partial charge in [0.15, 0.2) is 0 Å². The Hall–Kier alpha value is -0.730. The standard InChI is InChI=1S/C7H12O7/c8-2-4-5(10)3(9)1-7(13,14-4)6(11)12/h3-5,8-10,13H,1-2H2,(H,11,12)/p-1/t3-,4-,5+,7-/m1/s1. The Bertz CT molecular complexity index is 230. The average molecular weight is 207 g/mol. The van der Waals surface area contributed by atoms with E-state index >= 15 is 0 Å². The monoisotopic (exact) mass is 207 g/mol. The number of aliphatic hydroxyl groups excluding tert-OH is 3. The average Bonchev–Trinajstić information content (AvgIpc) is 2.11. The summed E-state index contributed by atoms with van der Waals surface area (Å²) < 4.78 is 4.50. The molecule has 0 aliphatic carbocycles. The van der Waals surface area contributed by atoms with E-state index in [0.717, 1.165) is 0 Å². The van der Waals surface area contributed by atoms with E-state index in [9.17, 15) is 25.2 Å². The molecular weight excluding hydrogens is 196 g/mol. The predicted octanol–water partition coefficient (Wildman–Crippen LogP) is -4.07. The fourth-order valence-electron chi connectivity index (χ4n) is 1.30. The van der Waals surface area contributed by atoms with E-state index in [1.165, 1.54) is 0 Å². The first-order chi connectivity index (χ1) is 6.40. The normalized spacial score (nSPS) is 43.6. The molecule has 0 bridgehead atoms. The van der Waals surface area contributed by atoms with Crippen LogP contribution in [0.5, 0.6) is 0 Å². The molecule has 82 valence electrons. The van der Waals surface area contributed by atoms with Gasteiger partial charge in [0.1, 0.15) is 18.2 Å². The second-order valence-electron chi connectivity index (χ2n) is 3.17. The molecule has 7 heteroatoms. The smallest absolute Gasteiger partial charge is 0.210 e. The summed E-state index contributed by atoms with van der Waals surface area (Å²) in [6.07, 6.45) is -4.96. The Balaban J connectivity index is 2.81. The highest BCUT2D eigenvalue weighted by Gasteiger charge is 2.45. The van der Waals surface area contributed by atoms with Gasteiger partial charge < -0.3 is 35.1 Å². The first kappa shape index (κ1) is 11.3. The molecule has 0 aromatic carbocycles. The van der Waals surface area contributed by atoms with Gasteiger partial charge in [0.25, 0.3) is 0 Å². The molecule has 4 atom stereocenters. The lowest BCUT2D eigenvalue weighted by molar-refractivity contribution is -0.375. The van der Waals surface area contributed by atoms with Gasteiger partial charge in [0, 0.05) is 6.42 Å². The van der Waals surface area contributed by atoms with Gasteiger partial charge in [-0.2, -0.15) is 0 Å². The second kappa shape index (κ2) is 3.79. The number of aliphatic hydroxyl groups is 4. The van der Waals surface area contributed by atoms with E-state index < -0.39 is 43.1 Å². The summed E-state index contributed by atoms with van der Waals surface area (Å²) in [4.78, 5) is 10.4. The minimum absolute atomic E-state index is 0.701. The van der Waals surface area contributed by atoms with Crippen LogP contribution in [0, 0.1) is 0 Å². The topological polar surface area (TPSA) is 130 Å². The second-order valence-corrected chi connectivity index (χ2v) is 3.17. The summed E-state index contributed by atoms with van der Waals surface area (Å²) in [5, 5.41) is 46.7. The molecule has 1 aliphatic heterocycles. The molecule has 0 radical (unpaired) electrons. The van der Waals surface area contributed by atoms with Crippen molar-refractivity contribution >= 4 is 5.97 Å². The summed E-state index contributed by atoms with van der Waals surface area (Å²) in [5.74, 6) is -4.58. The molecule has 1 fully saturated rings. The molecule has 0 aromatic heterocycles. The lowest BCUT2D eigenvalue weighted by Crippen LogP contribution is -2.62. The van der Waals surface area contributed by atoms with Crippen molar-refractivity contribution < 1.29 is 35.1 Å². The zero-order valence-corrected chi connectivity index (χ0v) is 7.16. The van der Waals surface area contributed by atoms with Crippen molar-refractivity contribution in [1.82, 2.24) is 0 Å². The Labute approximate surface area is 79.2 Å². The fourth-order valence-corrected chi connectivity index (χ4v) is 1.30. The number of aliphatic carboxylic acids is 1. The van der Waals surface area contributed by atoms with Crippen LogP contribution >= 0.6 is 0 Å². The van der Waals surface area contributed by atoms with E-state index in [0.29, 0.717) is 0 Å². The fraction of sp³-hybridized carbons (Fsp3) is 0.857. The summed E-state index contributed by atoms with van der Waals surface area (Å²) >= 11 is 0. The van der Waals surface area contributed by atoms with Crippen LogP contribution in [0.3, 0.4) is 0 Å². The third-order valence-corrected chi connectivity index (χ3v) is 2.11. The highest BCUT2D eigenvalue weighted by molar-refractivity contribution is 5.73. The van der Waals surface area contributed by atoms with E-state index in [1.807, 2.05) is 0 Å². The van der Waals surface area contributed by atoms with Crippen LogP contribution in [0.2, 0.25) is 0 Å². The molecule has 0 saturated carbocycles. The highest BCUT2D eigenvalue weighted by atomic mass is 16.7. The summed E-state index contributed by atoms with van der Waals surface area (Å²) in [5.41, 5.74) is 0. The van der Waals surface area contributed by atoms with Crippen LogP contribution < -0.4 is 5.11 Å². The molecule has 7 nitrogen and oxygen atoms in total. The third-order valence-electron chi connectivity index (χ3n) is 2.11. The minimum Gasteiger partial charge on any atom is -0.544 e. The molecular formula is C7H11O7-. The zero-order valence-electron chi connectivity index (χ0n) is 7.16. The molecule has 0 spiro atoms. The largest absolute Gasteiger partial charge is 0.544 e. The first-order valence-corrected chi connectivity index (χ1v) is 3.99. The van der Waals surface area contributed by atoms with Crippen molar-refractivity contribution in [2.45, 2.75) is 30.5 Å². The van der Waals surface area contributed by atoms with Crippen LogP contribution in [0.25, 0.3) is 0 Å². The Morgan fingerprint density at radius 1 is 1.57 bits per heavy atom. The van der Waals surface area contributed by atoms with E-state index in [1.54, 1.807) is 0 Å². The van der Waals surface area contributed by atoms with Gasteiger partial charge in [-0.05, 0) is 0 Å². The molecule has 1 rings (SSSR count). The lowest BCUT2D eigenvalue weighted by atomic mass is 9.96. The molecule has 1 heterocycles. The van der Waals surface area contributed by atoms with Crippen LogP contribution in [-0.4, -0.2) is 57.1 Å². The first-order valence-electron chi connectivity index (χ1n) is 3.99. The van der Waals surface area contributed by atoms with Gasteiger partial charge in [-0.1, -0.05) is 0 Å². The number of carboxylic acids is 1. The Morgan fingerprint density at radius 2 is 2.14 bits per heavy atom. The molecule has 1 aliphatic rings. The number of rotatable bonds is 2. The quantitative estimate of drug-likeness (QED) is 0.362. The SMILES string of the molecule is O=C([O-])[C@@]1(O)C[C@@H](O)[C@H](O)[C@@H](CO)O1. The molecule has 0 aromatic rings. The summed E-state index contributed by atoms with van der Waals surface area (Å²) in [6, 6.07) is 0. The molecule has 14 heavy (non-hydrogen) atoms. The van der Waals surface area contributed by atoms with Gasteiger partial charge in [0.05, 0.1) is 12.7 Å². The van der Waals surface area contributed by atoms with Gasteiger partial charge >= 0.3 is 0 Å². The number of hydrogen-bond donors (Lipinski definition) is 4. The number of carbonyl (C=O) groups excluding carboxylic acids is 1. The summed E-state index contributed by atoms with van der Waals surface area (Å²) in [7, 11) is 0. The highest BCUT2D eigenvalue weighted by Crippen LogP contribution is 2.26. The van der Waals surface area contributed by atoms with Crippen LogP contribution in [0.1, 0.15) is 6.42 Å². The van der Waals surface area contributed by atoms with Crippen molar-refractivity contribution in [3.63, 3.8) is 0 Å². The predicted molar refractivity (Wildman–Crippen MR) is 38.5 cm³/mol. The third kappa shape index (κ3) is 1.86. The van der Waals surface area contributed by atoms with E-state index in [-0.39, 0.29) is 0 Å². The maximum atomic E-state index is 10.4. The molecule has 1 saturated heterocycles. The maximum Gasteiger partial charge on any atom is 0.210 e. The number of hydrogen-bond acceptors (Lipinski definition) is 7.